The van der Waals surface area contributed by atoms with E-state index < -0.39 is 5.97 Å². The largest absolute Gasteiger partial charge is 0.465 e. The van der Waals surface area contributed by atoms with E-state index in [0.717, 1.165) is 11.8 Å². The third-order valence-corrected chi connectivity index (χ3v) is 4.20. The van der Waals surface area contributed by atoms with E-state index in [4.69, 9.17) is 9.47 Å². The zero-order valence-electron chi connectivity index (χ0n) is 11.6. The molecule has 0 bridgehead atoms. The summed E-state index contributed by atoms with van der Waals surface area (Å²) in [5.74, 6) is -0.803. The first kappa shape index (κ1) is 17.9. The number of esters is 2. The van der Waals surface area contributed by atoms with E-state index in [2.05, 4.69) is 5.18 Å². The second-order valence-electron chi connectivity index (χ2n) is 3.71. The highest BCUT2D eigenvalue weighted by Crippen LogP contribution is 2.33. The van der Waals surface area contributed by atoms with Crippen LogP contribution in [0.15, 0.2) is 22.2 Å². The number of nitroso groups, excluding NO2 is 1. The van der Waals surface area contributed by atoms with Crippen molar-refractivity contribution in [3.63, 3.8) is 0 Å². The Labute approximate surface area is 140 Å². The van der Waals surface area contributed by atoms with Gasteiger partial charge in [0.05, 0.1) is 24.5 Å². The Morgan fingerprint density at radius 3 is 2.48 bits per heavy atom. The summed E-state index contributed by atoms with van der Waals surface area (Å²) in [6.07, 6.45) is 0. The van der Waals surface area contributed by atoms with Crippen molar-refractivity contribution < 1.29 is 19.1 Å². The van der Waals surface area contributed by atoms with Crippen molar-refractivity contribution in [1.29, 1.82) is 0 Å². The maximum Gasteiger partial charge on any atom is 0.339 e. The minimum atomic E-state index is -0.506. The molecular formula is C13H14INO5S. The molecule has 0 aliphatic heterocycles. The van der Waals surface area contributed by atoms with E-state index in [9.17, 15) is 14.5 Å². The zero-order chi connectivity index (χ0) is 15.8. The van der Waals surface area contributed by atoms with Crippen molar-refractivity contribution in [3.8, 4) is 0 Å². The van der Waals surface area contributed by atoms with Gasteiger partial charge in [-0.1, -0.05) is 0 Å². The van der Waals surface area contributed by atoms with Crippen molar-refractivity contribution in [2.45, 2.75) is 18.7 Å². The fourth-order valence-corrected chi connectivity index (χ4v) is 3.14. The maximum absolute atomic E-state index is 11.7. The van der Waals surface area contributed by atoms with Gasteiger partial charge in [0.25, 0.3) is 0 Å². The number of hydrogen-bond donors (Lipinski definition) is 0. The van der Waals surface area contributed by atoms with Gasteiger partial charge in [0.2, 0.25) is 0 Å². The number of hydrogen-bond acceptors (Lipinski definition) is 7. The summed E-state index contributed by atoms with van der Waals surface area (Å²) >= 11 is 3.12. The molecule has 1 aromatic carbocycles. The predicted octanol–water partition coefficient (Wildman–Crippen LogP) is 3.52. The quantitative estimate of drug-likeness (QED) is 0.289. The van der Waals surface area contributed by atoms with Crippen LogP contribution >= 0.6 is 34.4 Å². The molecule has 0 heterocycles. The molecule has 0 unspecified atom stereocenters. The van der Waals surface area contributed by atoms with Crippen molar-refractivity contribution >= 4 is 52.0 Å². The van der Waals surface area contributed by atoms with E-state index in [1.807, 2.05) is 22.6 Å². The number of halogens is 1. The second kappa shape index (κ2) is 8.98. The Hall–Kier alpha value is -1.16. The Kier molecular flexibility index (Phi) is 7.65. The number of nitrogens with zero attached hydrogens (tertiary/aromatic N) is 1. The van der Waals surface area contributed by atoms with E-state index >= 15 is 0 Å². The van der Waals surface area contributed by atoms with Gasteiger partial charge < -0.3 is 9.47 Å². The highest BCUT2D eigenvalue weighted by Gasteiger charge is 2.17. The summed E-state index contributed by atoms with van der Waals surface area (Å²) in [6.45, 7) is 3.97. The molecule has 0 aliphatic carbocycles. The lowest BCUT2D eigenvalue weighted by Gasteiger charge is -2.09. The van der Waals surface area contributed by atoms with Crippen LogP contribution in [0.1, 0.15) is 24.2 Å². The van der Waals surface area contributed by atoms with Crippen LogP contribution in [0.2, 0.25) is 0 Å². The predicted molar refractivity (Wildman–Crippen MR) is 87.9 cm³/mol. The number of benzene rings is 1. The molecule has 0 aliphatic rings. The SMILES string of the molecule is CCOC(=O)CSc1cc(I)c(C(=O)OCC)cc1N=O. The number of rotatable bonds is 7. The van der Waals surface area contributed by atoms with Gasteiger partial charge in [-0.05, 0) is 53.7 Å². The molecule has 0 saturated heterocycles. The summed E-state index contributed by atoms with van der Waals surface area (Å²) in [4.78, 5) is 34.5. The summed E-state index contributed by atoms with van der Waals surface area (Å²) in [5, 5.41) is 2.90. The molecule has 0 amide bonds. The normalized spacial score (nSPS) is 10.0. The monoisotopic (exact) mass is 423 g/mol. The number of thioether (sulfide) groups is 1. The van der Waals surface area contributed by atoms with Crippen LogP contribution < -0.4 is 0 Å². The second-order valence-corrected chi connectivity index (χ2v) is 5.88. The maximum atomic E-state index is 11.7. The highest BCUT2D eigenvalue weighted by atomic mass is 127. The molecule has 0 radical (unpaired) electrons. The van der Waals surface area contributed by atoms with Crippen LogP contribution in [0.25, 0.3) is 0 Å². The number of carbonyl (C=O) groups is 2. The Balaban J connectivity index is 2.96. The van der Waals surface area contributed by atoms with E-state index in [1.54, 1.807) is 19.9 Å². The van der Waals surface area contributed by atoms with Crippen LogP contribution in [-0.4, -0.2) is 30.9 Å². The lowest BCUT2D eigenvalue weighted by atomic mass is 10.2. The summed E-state index contributed by atoms with van der Waals surface area (Å²) < 4.78 is 10.4. The van der Waals surface area contributed by atoms with Gasteiger partial charge in [0.15, 0.2) is 0 Å². The molecule has 21 heavy (non-hydrogen) atoms. The summed E-state index contributed by atoms with van der Waals surface area (Å²) in [5.41, 5.74) is 0.389. The van der Waals surface area contributed by atoms with Crippen LogP contribution in [-0.2, 0) is 14.3 Å². The summed E-state index contributed by atoms with van der Waals surface area (Å²) in [7, 11) is 0. The Morgan fingerprint density at radius 1 is 1.24 bits per heavy atom. The van der Waals surface area contributed by atoms with Crippen LogP contribution in [0.3, 0.4) is 0 Å². The number of ether oxygens (including phenoxy) is 2. The fourth-order valence-electron chi connectivity index (χ4n) is 1.44. The van der Waals surface area contributed by atoms with Crippen LogP contribution in [0.4, 0.5) is 5.69 Å². The smallest absolute Gasteiger partial charge is 0.339 e. The highest BCUT2D eigenvalue weighted by molar-refractivity contribution is 14.1. The molecule has 0 spiro atoms. The van der Waals surface area contributed by atoms with Gasteiger partial charge in [-0.15, -0.1) is 16.7 Å². The third-order valence-electron chi connectivity index (χ3n) is 2.29. The molecule has 114 valence electrons. The molecule has 6 nitrogen and oxygen atoms in total. The van der Waals surface area contributed by atoms with Crippen molar-refractivity contribution in [1.82, 2.24) is 0 Å². The van der Waals surface area contributed by atoms with E-state index in [-0.39, 0.29) is 29.6 Å². The van der Waals surface area contributed by atoms with Crippen molar-refractivity contribution in [2.24, 2.45) is 5.18 Å². The van der Waals surface area contributed by atoms with E-state index in [1.165, 1.54) is 6.07 Å². The van der Waals surface area contributed by atoms with E-state index in [0.29, 0.717) is 15.1 Å². The minimum absolute atomic E-state index is 0.0746. The molecule has 1 rings (SSSR count). The molecule has 0 N–H and O–H groups in total. The van der Waals surface area contributed by atoms with Crippen molar-refractivity contribution in [2.75, 3.05) is 19.0 Å². The van der Waals surface area contributed by atoms with Gasteiger partial charge in [-0.2, -0.15) is 0 Å². The van der Waals surface area contributed by atoms with Gasteiger partial charge in [0.1, 0.15) is 5.69 Å². The topological polar surface area (TPSA) is 82.0 Å². The molecule has 1 aromatic rings. The molecule has 0 saturated carbocycles. The van der Waals surface area contributed by atoms with Gasteiger partial charge in [-0.25, -0.2) is 4.79 Å². The van der Waals surface area contributed by atoms with Crippen LogP contribution in [0.5, 0.6) is 0 Å². The van der Waals surface area contributed by atoms with Gasteiger partial charge >= 0.3 is 11.9 Å². The van der Waals surface area contributed by atoms with Crippen molar-refractivity contribution in [3.05, 3.63) is 26.2 Å². The average molecular weight is 423 g/mol. The molecule has 0 aromatic heterocycles. The minimum Gasteiger partial charge on any atom is -0.465 e. The molecule has 8 heteroatoms. The van der Waals surface area contributed by atoms with Gasteiger partial charge in [-0.3, -0.25) is 4.79 Å². The first-order chi connectivity index (χ1) is 10.0. The molecule has 0 fully saturated rings. The lowest BCUT2D eigenvalue weighted by molar-refractivity contribution is -0.139. The molecular weight excluding hydrogens is 409 g/mol. The fraction of sp³-hybridized carbons (Fsp3) is 0.385. The Morgan fingerprint density at radius 2 is 1.90 bits per heavy atom. The first-order valence-electron chi connectivity index (χ1n) is 6.15. The average Bonchev–Trinajstić information content (AvgIpc) is 2.45. The lowest BCUT2D eigenvalue weighted by Crippen LogP contribution is -2.08. The zero-order valence-corrected chi connectivity index (χ0v) is 14.5. The molecule has 0 atom stereocenters. The van der Waals surface area contributed by atoms with Gasteiger partial charge in [0, 0.05) is 8.47 Å². The number of carbonyl (C=O) groups excluding carboxylic acids is 2. The Bertz CT molecular complexity index is 550. The van der Waals surface area contributed by atoms with Crippen LogP contribution in [0, 0.1) is 8.48 Å². The third kappa shape index (κ3) is 5.27. The first-order valence-corrected chi connectivity index (χ1v) is 8.22. The summed E-state index contributed by atoms with van der Waals surface area (Å²) in [6, 6.07) is 3.01. The standard InChI is InChI=1S/C13H14INO5S/c1-3-19-12(16)7-21-11-6-9(14)8(5-10(11)15-18)13(17)20-4-2/h5-6H,3-4,7H2,1-2H3.